The molecular weight excluding hydrogens is 414 g/mol. The molecule has 3 aliphatic rings. The lowest BCUT2D eigenvalue weighted by atomic mass is 9.75. The molecule has 0 N–H and O–H groups in total. The Morgan fingerprint density at radius 2 is 1.58 bits per heavy atom. The molecule has 4 rings (SSSR count). The number of rotatable bonds is 7. The number of nitrogens with zero attached hydrogens (tertiary/aromatic N) is 3. The largest absolute Gasteiger partial charge is 0.493 e. The standard InChI is InChI=1S/C24H34ClN3O3/c1-26-12-14-28(15-13-26)23(30)17-24(18-31-21-6-4-20(25)5-7-21)8-10-27(11-9-24)22(29)16-19-2-3-19/h4-7,19H,2-3,8-18H2,1H3. The summed E-state index contributed by atoms with van der Waals surface area (Å²) in [5.74, 6) is 1.86. The molecule has 0 radical (unpaired) electrons. The first-order chi connectivity index (χ1) is 14.9. The molecule has 2 aliphatic heterocycles. The van der Waals surface area contributed by atoms with Gasteiger partial charge in [-0.05, 0) is 62.9 Å². The van der Waals surface area contributed by atoms with E-state index in [2.05, 4.69) is 11.9 Å². The van der Waals surface area contributed by atoms with Crippen LogP contribution in [0.25, 0.3) is 0 Å². The van der Waals surface area contributed by atoms with E-state index in [1.54, 1.807) is 0 Å². The maximum absolute atomic E-state index is 13.2. The van der Waals surface area contributed by atoms with Crippen molar-refractivity contribution in [3.8, 4) is 5.75 Å². The van der Waals surface area contributed by atoms with Crippen molar-refractivity contribution in [1.82, 2.24) is 14.7 Å². The second-order valence-corrected chi connectivity index (χ2v) is 10.1. The molecule has 0 unspecified atom stereocenters. The fourth-order valence-electron chi connectivity index (χ4n) is 4.56. The van der Waals surface area contributed by atoms with Gasteiger partial charge >= 0.3 is 0 Å². The predicted octanol–water partition coefficient (Wildman–Crippen LogP) is 3.29. The van der Waals surface area contributed by atoms with Crippen molar-refractivity contribution < 1.29 is 14.3 Å². The lowest BCUT2D eigenvalue weighted by Gasteiger charge is -2.43. The van der Waals surface area contributed by atoms with Crippen LogP contribution in [-0.4, -0.2) is 79.4 Å². The Hall–Kier alpha value is -1.79. The minimum atomic E-state index is -0.240. The molecule has 6 nitrogen and oxygen atoms in total. The number of likely N-dealkylation sites (tertiary alicyclic amines) is 1. The fraction of sp³-hybridized carbons (Fsp3) is 0.667. The summed E-state index contributed by atoms with van der Waals surface area (Å²) in [5.41, 5.74) is -0.240. The zero-order valence-corrected chi connectivity index (χ0v) is 19.3. The number of likely N-dealkylation sites (N-methyl/N-ethyl adjacent to an activating group) is 1. The maximum Gasteiger partial charge on any atom is 0.223 e. The molecule has 1 saturated carbocycles. The number of hydrogen-bond donors (Lipinski definition) is 0. The third kappa shape index (κ3) is 6.13. The van der Waals surface area contributed by atoms with Crippen LogP contribution in [0.4, 0.5) is 0 Å². The summed E-state index contributed by atoms with van der Waals surface area (Å²) in [5, 5.41) is 0.676. The summed E-state index contributed by atoms with van der Waals surface area (Å²) in [7, 11) is 2.09. The molecule has 2 amide bonds. The number of piperazine rings is 1. The van der Waals surface area contributed by atoms with Gasteiger partial charge in [0.1, 0.15) is 5.75 Å². The van der Waals surface area contributed by atoms with Crippen LogP contribution >= 0.6 is 11.6 Å². The SMILES string of the molecule is CN1CCN(C(=O)CC2(COc3ccc(Cl)cc3)CCN(C(=O)CC3CC3)CC2)CC1. The first-order valence-electron chi connectivity index (χ1n) is 11.5. The number of ether oxygens (including phenoxy) is 1. The van der Waals surface area contributed by atoms with Crippen LogP contribution in [-0.2, 0) is 9.59 Å². The van der Waals surface area contributed by atoms with Crippen LogP contribution < -0.4 is 4.74 Å². The zero-order valence-electron chi connectivity index (χ0n) is 18.5. The minimum Gasteiger partial charge on any atom is -0.493 e. The van der Waals surface area contributed by atoms with Gasteiger partial charge in [-0.25, -0.2) is 0 Å². The highest BCUT2D eigenvalue weighted by atomic mass is 35.5. The van der Waals surface area contributed by atoms with Crippen LogP contribution in [0.1, 0.15) is 38.5 Å². The Kier molecular flexibility index (Phi) is 7.07. The number of halogens is 1. The van der Waals surface area contributed by atoms with Crippen molar-refractivity contribution in [2.75, 3.05) is 52.9 Å². The number of hydrogen-bond acceptors (Lipinski definition) is 4. The summed E-state index contributed by atoms with van der Waals surface area (Å²) < 4.78 is 6.14. The van der Waals surface area contributed by atoms with E-state index in [-0.39, 0.29) is 17.2 Å². The van der Waals surface area contributed by atoms with Crippen LogP contribution in [0.5, 0.6) is 5.75 Å². The van der Waals surface area contributed by atoms with Gasteiger partial charge in [0.15, 0.2) is 0 Å². The van der Waals surface area contributed by atoms with Crippen LogP contribution in [0, 0.1) is 11.3 Å². The molecule has 0 aromatic heterocycles. The third-order valence-electron chi connectivity index (χ3n) is 7.08. The third-order valence-corrected chi connectivity index (χ3v) is 7.33. The summed E-state index contributed by atoms with van der Waals surface area (Å²) in [6.45, 7) is 5.33. The van der Waals surface area contributed by atoms with Crippen LogP contribution in [0.3, 0.4) is 0 Å². The molecule has 3 fully saturated rings. The Bertz CT molecular complexity index is 765. The summed E-state index contributed by atoms with van der Waals surface area (Å²) >= 11 is 5.99. The molecule has 1 aromatic rings. The summed E-state index contributed by atoms with van der Waals surface area (Å²) in [6, 6.07) is 7.37. The molecule has 2 saturated heterocycles. The van der Waals surface area contributed by atoms with Gasteiger partial charge in [0, 0.05) is 62.5 Å². The fourth-order valence-corrected chi connectivity index (χ4v) is 4.68. The van der Waals surface area contributed by atoms with E-state index in [1.165, 1.54) is 12.8 Å². The first-order valence-corrected chi connectivity index (χ1v) is 11.9. The van der Waals surface area contributed by atoms with Crippen molar-refractivity contribution in [1.29, 1.82) is 0 Å². The van der Waals surface area contributed by atoms with E-state index in [0.717, 1.165) is 44.8 Å². The average molecular weight is 448 g/mol. The van der Waals surface area contributed by atoms with Gasteiger partial charge in [0.05, 0.1) is 6.61 Å². The molecule has 170 valence electrons. The lowest BCUT2D eigenvalue weighted by Crippen LogP contribution is -2.51. The lowest BCUT2D eigenvalue weighted by molar-refractivity contribution is -0.139. The average Bonchev–Trinajstić information content (AvgIpc) is 3.58. The van der Waals surface area contributed by atoms with Gasteiger partial charge in [-0.3, -0.25) is 9.59 Å². The van der Waals surface area contributed by atoms with Crippen LogP contribution in [0.15, 0.2) is 24.3 Å². The molecule has 1 aromatic carbocycles. The molecule has 0 bridgehead atoms. The monoisotopic (exact) mass is 447 g/mol. The Balaban J connectivity index is 1.39. The number of benzene rings is 1. The highest BCUT2D eigenvalue weighted by molar-refractivity contribution is 6.30. The van der Waals surface area contributed by atoms with Crippen molar-refractivity contribution in [3.63, 3.8) is 0 Å². The number of carbonyl (C=O) groups excluding carboxylic acids is 2. The van der Waals surface area contributed by atoms with E-state index in [0.29, 0.717) is 43.5 Å². The zero-order chi connectivity index (χ0) is 21.8. The van der Waals surface area contributed by atoms with Crippen molar-refractivity contribution >= 4 is 23.4 Å². The molecule has 0 atom stereocenters. The van der Waals surface area contributed by atoms with Gasteiger partial charge < -0.3 is 19.4 Å². The van der Waals surface area contributed by atoms with Gasteiger partial charge in [-0.1, -0.05) is 11.6 Å². The van der Waals surface area contributed by atoms with E-state index >= 15 is 0 Å². The summed E-state index contributed by atoms with van der Waals surface area (Å²) in [6.07, 6.45) is 5.16. The minimum absolute atomic E-state index is 0.213. The number of piperidine rings is 1. The molecule has 31 heavy (non-hydrogen) atoms. The van der Waals surface area contributed by atoms with Gasteiger partial charge in [0.2, 0.25) is 11.8 Å². The summed E-state index contributed by atoms with van der Waals surface area (Å²) in [4.78, 5) is 32.0. The van der Waals surface area contributed by atoms with Crippen molar-refractivity contribution in [2.45, 2.75) is 38.5 Å². The Labute approximate surface area is 190 Å². The Morgan fingerprint density at radius 3 is 2.19 bits per heavy atom. The quantitative estimate of drug-likeness (QED) is 0.643. The van der Waals surface area contributed by atoms with Gasteiger partial charge in [-0.2, -0.15) is 0 Å². The smallest absolute Gasteiger partial charge is 0.223 e. The Morgan fingerprint density at radius 1 is 0.968 bits per heavy atom. The van der Waals surface area contributed by atoms with Gasteiger partial charge in [0.25, 0.3) is 0 Å². The predicted molar refractivity (Wildman–Crippen MR) is 121 cm³/mol. The highest BCUT2D eigenvalue weighted by Gasteiger charge is 2.40. The van der Waals surface area contributed by atoms with Gasteiger partial charge in [-0.15, -0.1) is 0 Å². The second-order valence-electron chi connectivity index (χ2n) is 9.63. The van der Waals surface area contributed by atoms with E-state index in [9.17, 15) is 9.59 Å². The molecule has 7 heteroatoms. The molecule has 1 aliphatic carbocycles. The first kappa shape index (κ1) is 22.4. The second kappa shape index (κ2) is 9.78. The van der Waals surface area contributed by atoms with Crippen molar-refractivity contribution in [3.05, 3.63) is 29.3 Å². The molecule has 0 spiro atoms. The molecule has 2 heterocycles. The topological polar surface area (TPSA) is 53.1 Å². The van der Waals surface area contributed by atoms with Crippen molar-refractivity contribution in [2.24, 2.45) is 11.3 Å². The van der Waals surface area contributed by atoms with E-state index < -0.39 is 0 Å². The highest BCUT2D eigenvalue weighted by Crippen LogP contribution is 2.38. The number of carbonyl (C=O) groups is 2. The molecular formula is C24H34ClN3O3. The van der Waals surface area contributed by atoms with E-state index in [4.69, 9.17) is 16.3 Å². The van der Waals surface area contributed by atoms with E-state index in [1.807, 2.05) is 34.1 Å². The maximum atomic E-state index is 13.2. The normalized spacial score (nSPS) is 21.7. The van der Waals surface area contributed by atoms with Crippen LogP contribution in [0.2, 0.25) is 5.02 Å². The number of amides is 2.